The summed E-state index contributed by atoms with van der Waals surface area (Å²) in [7, 11) is 0. The van der Waals surface area contributed by atoms with Gasteiger partial charge in [-0.2, -0.15) is 0 Å². The van der Waals surface area contributed by atoms with Crippen molar-refractivity contribution in [1.82, 2.24) is 0 Å². The Bertz CT molecular complexity index is 231. The van der Waals surface area contributed by atoms with Crippen molar-refractivity contribution in [3.8, 4) is 0 Å². The van der Waals surface area contributed by atoms with Crippen LogP contribution in [-0.4, -0.2) is 5.97 Å². The molecule has 0 amide bonds. The molecule has 1 rings (SSSR count). The Labute approximate surface area is 69.7 Å². The number of carbonyl (C=O) groups excluding carboxylic acids is 1. The van der Waals surface area contributed by atoms with Gasteiger partial charge in [0.25, 0.3) is 0 Å². The van der Waals surface area contributed by atoms with Crippen molar-refractivity contribution < 1.29 is 9.90 Å². The number of aromatic carboxylic acids is 1. The molecule has 0 atom stereocenters. The molecule has 0 fully saturated rings. The van der Waals surface area contributed by atoms with Gasteiger partial charge in [-0.25, -0.2) is 0 Å². The monoisotopic (exact) mass is 253 g/mol. The van der Waals surface area contributed by atoms with E-state index < -0.39 is 5.97 Å². The highest BCUT2D eigenvalue weighted by Gasteiger charge is 1.99. The molecule has 1 heterocycles. The number of hydrogen-bond acceptors (Lipinski definition) is 3. The standard InChI is InChI=1S/C5H3IO2S/c6-3-1-2-9-4(3)5(7)8/h1-2H,(H,7,8)/p-1. The summed E-state index contributed by atoms with van der Waals surface area (Å²) in [5.74, 6) is -1.09. The van der Waals surface area contributed by atoms with E-state index in [9.17, 15) is 9.90 Å². The van der Waals surface area contributed by atoms with E-state index >= 15 is 0 Å². The fraction of sp³-hybridized carbons (Fsp3) is 0. The highest BCUT2D eigenvalue weighted by atomic mass is 127. The van der Waals surface area contributed by atoms with Gasteiger partial charge in [0, 0.05) is 3.57 Å². The molecule has 1 aromatic heterocycles. The van der Waals surface area contributed by atoms with E-state index in [2.05, 4.69) is 0 Å². The SMILES string of the molecule is O=C([O-])c1sccc1I. The van der Waals surface area contributed by atoms with E-state index in [1.54, 1.807) is 11.4 Å². The van der Waals surface area contributed by atoms with Crippen LogP contribution in [0.1, 0.15) is 9.67 Å². The average molecular weight is 253 g/mol. The van der Waals surface area contributed by atoms with Crippen LogP contribution >= 0.6 is 33.9 Å². The Kier molecular flexibility index (Phi) is 2.07. The Morgan fingerprint density at radius 3 is 2.67 bits per heavy atom. The molecule has 0 aromatic carbocycles. The zero-order chi connectivity index (χ0) is 6.85. The maximum atomic E-state index is 10.2. The third-order valence-corrected chi connectivity index (χ3v) is 2.96. The molecule has 48 valence electrons. The summed E-state index contributed by atoms with van der Waals surface area (Å²) < 4.78 is 0.748. The number of carbonyl (C=O) groups is 1. The maximum Gasteiger partial charge on any atom is 0.0826 e. The van der Waals surface area contributed by atoms with Gasteiger partial charge in [-0.1, -0.05) is 0 Å². The first-order chi connectivity index (χ1) is 4.22. The lowest BCUT2D eigenvalue weighted by molar-refractivity contribution is -0.254. The molecule has 0 aliphatic carbocycles. The number of thiophene rings is 1. The van der Waals surface area contributed by atoms with Crippen LogP contribution in [0.25, 0.3) is 0 Å². The minimum atomic E-state index is -1.09. The largest absolute Gasteiger partial charge is 0.544 e. The van der Waals surface area contributed by atoms with Crippen molar-refractivity contribution in [3.63, 3.8) is 0 Å². The summed E-state index contributed by atoms with van der Waals surface area (Å²) in [6.07, 6.45) is 0. The van der Waals surface area contributed by atoms with Gasteiger partial charge in [0.2, 0.25) is 0 Å². The van der Waals surface area contributed by atoms with Crippen LogP contribution in [0, 0.1) is 3.57 Å². The quantitative estimate of drug-likeness (QED) is 0.692. The van der Waals surface area contributed by atoms with Gasteiger partial charge in [0.1, 0.15) is 0 Å². The van der Waals surface area contributed by atoms with Crippen molar-refractivity contribution >= 4 is 39.9 Å². The second kappa shape index (κ2) is 2.66. The predicted octanol–water partition coefficient (Wildman–Crippen LogP) is 0.716. The topological polar surface area (TPSA) is 40.1 Å². The maximum absolute atomic E-state index is 10.2. The van der Waals surface area contributed by atoms with Crippen molar-refractivity contribution in [2.45, 2.75) is 0 Å². The Hall–Kier alpha value is -0.100. The van der Waals surface area contributed by atoms with E-state index in [0.29, 0.717) is 4.88 Å². The Morgan fingerprint density at radius 2 is 2.44 bits per heavy atom. The highest BCUT2D eigenvalue weighted by molar-refractivity contribution is 14.1. The van der Waals surface area contributed by atoms with Gasteiger partial charge < -0.3 is 9.90 Å². The van der Waals surface area contributed by atoms with Gasteiger partial charge in [0.05, 0.1) is 10.8 Å². The third kappa shape index (κ3) is 1.42. The molecule has 9 heavy (non-hydrogen) atoms. The Morgan fingerprint density at radius 1 is 1.78 bits per heavy atom. The van der Waals surface area contributed by atoms with Crippen LogP contribution in [0.3, 0.4) is 0 Å². The average Bonchev–Trinajstić information content (AvgIpc) is 2.13. The van der Waals surface area contributed by atoms with Crippen LogP contribution in [0.5, 0.6) is 0 Å². The molecule has 0 bridgehead atoms. The molecular weight excluding hydrogens is 251 g/mol. The van der Waals surface area contributed by atoms with E-state index in [1.807, 2.05) is 22.6 Å². The molecule has 0 radical (unpaired) electrons. The summed E-state index contributed by atoms with van der Waals surface area (Å²) in [5.41, 5.74) is 0. The molecule has 0 unspecified atom stereocenters. The summed E-state index contributed by atoms with van der Waals surface area (Å²) in [6, 6.07) is 1.75. The molecule has 4 heteroatoms. The van der Waals surface area contributed by atoms with Crippen LogP contribution in [0.4, 0.5) is 0 Å². The first-order valence-corrected chi connectivity index (χ1v) is 4.12. The second-order valence-electron chi connectivity index (χ2n) is 1.39. The minimum absolute atomic E-state index is 0.315. The smallest absolute Gasteiger partial charge is 0.0826 e. The van der Waals surface area contributed by atoms with Gasteiger partial charge in [-0.05, 0) is 34.0 Å². The van der Waals surface area contributed by atoms with Crippen molar-refractivity contribution in [2.24, 2.45) is 0 Å². The van der Waals surface area contributed by atoms with Gasteiger partial charge in [-0.15, -0.1) is 11.3 Å². The lowest BCUT2D eigenvalue weighted by Gasteiger charge is -1.95. The summed E-state index contributed by atoms with van der Waals surface area (Å²) in [4.78, 5) is 10.5. The molecule has 1 aromatic rings. The molecule has 0 aliphatic rings. The fourth-order valence-electron chi connectivity index (χ4n) is 0.439. The number of rotatable bonds is 1. The Balaban J connectivity index is 3.08. The highest BCUT2D eigenvalue weighted by Crippen LogP contribution is 2.16. The molecule has 2 nitrogen and oxygen atoms in total. The van der Waals surface area contributed by atoms with E-state index in [1.165, 1.54) is 11.3 Å². The fourth-order valence-corrected chi connectivity index (χ4v) is 2.08. The molecule has 0 saturated carbocycles. The molecule has 0 saturated heterocycles. The summed E-state index contributed by atoms with van der Waals surface area (Å²) in [6.45, 7) is 0. The molecular formula is C5H2IO2S-. The molecule has 0 aliphatic heterocycles. The van der Waals surface area contributed by atoms with Crippen LogP contribution in [-0.2, 0) is 0 Å². The predicted molar refractivity (Wildman–Crippen MR) is 41.4 cm³/mol. The van der Waals surface area contributed by atoms with Crippen molar-refractivity contribution in [3.05, 3.63) is 19.9 Å². The second-order valence-corrected chi connectivity index (χ2v) is 3.46. The molecule has 0 N–H and O–H groups in total. The number of hydrogen-bond donors (Lipinski definition) is 0. The van der Waals surface area contributed by atoms with Gasteiger partial charge in [-0.3, -0.25) is 0 Å². The normalized spacial score (nSPS) is 9.44. The summed E-state index contributed by atoms with van der Waals surface area (Å²) >= 11 is 3.15. The lowest BCUT2D eigenvalue weighted by Crippen LogP contribution is -2.21. The lowest BCUT2D eigenvalue weighted by atomic mass is 10.5. The number of halogens is 1. The molecule has 0 spiro atoms. The zero-order valence-corrected chi connectivity index (χ0v) is 7.23. The summed E-state index contributed by atoms with van der Waals surface area (Å²) in [5, 5.41) is 11.9. The van der Waals surface area contributed by atoms with Crippen molar-refractivity contribution in [1.29, 1.82) is 0 Å². The number of carboxylic acids is 1. The van der Waals surface area contributed by atoms with E-state index in [4.69, 9.17) is 0 Å². The van der Waals surface area contributed by atoms with Crippen LogP contribution in [0.2, 0.25) is 0 Å². The number of carboxylic acid groups (broad SMARTS) is 1. The van der Waals surface area contributed by atoms with Crippen LogP contribution < -0.4 is 5.11 Å². The van der Waals surface area contributed by atoms with Crippen LogP contribution in [0.15, 0.2) is 11.4 Å². The first kappa shape index (κ1) is 7.01. The van der Waals surface area contributed by atoms with Crippen molar-refractivity contribution in [2.75, 3.05) is 0 Å². The zero-order valence-electron chi connectivity index (χ0n) is 4.26. The third-order valence-electron chi connectivity index (χ3n) is 0.803. The first-order valence-electron chi connectivity index (χ1n) is 2.16. The van der Waals surface area contributed by atoms with Gasteiger partial charge in [0.15, 0.2) is 0 Å². The van der Waals surface area contributed by atoms with E-state index in [-0.39, 0.29) is 0 Å². The van der Waals surface area contributed by atoms with E-state index in [0.717, 1.165) is 3.57 Å². The van der Waals surface area contributed by atoms with Gasteiger partial charge >= 0.3 is 0 Å². The minimum Gasteiger partial charge on any atom is -0.544 e.